The summed E-state index contributed by atoms with van der Waals surface area (Å²) in [5.41, 5.74) is 0.630. The summed E-state index contributed by atoms with van der Waals surface area (Å²) in [7, 11) is 0. The molecular weight excluding hydrogens is 464 g/mol. The van der Waals surface area contributed by atoms with Gasteiger partial charge in [0.1, 0.15) is 17.2 Å². The Balaban J connectivity index is 1.31. The van der Waals surface area contributed by atoms with Crippen LogP contribution < -0.4 is 10.6 Å². The summed E-state index contributed by atoms with van der Waals surface area (Å²) in [6, 6.07) is 1.82. The van der Waals surface area contributed by atoms with Crippen molar-refractivity contribution in [2.75, 3.05) is 25.0 Å². The Labute approximate surface area is 212 Å². The number of nitrogens with zero attached hydrogens (tertiary/aromatic N) is 3. The number of hydrogen-bond acceptors (Lipinski definition) is 5. The van der Waals surface area contributed by atoms with Crippen molar-refractivity contribution in [1.29, 1.82) is 0 Å². The van der Waals surface area contributed by atoms with Crippen LogP contribution in [0.15, 0.2) is 24.7 Å². The highest BCUT2D eigenvalue weighted by atomic mass is 19.1. The number of carbonyl (C=O) groups excluding carboxylic acids is 1. The van der Waals surface area contributed by atoms with Gasteiger partial charge in [-0.1, -0.05) is 34.1 Å². The molecule has 1 aromatic carbocycles. The first kappa shape index (κ1) is 26.7. The lowest BCUT2D eigenvalue weighted by molar-refractivity contribution is -0.118. The number of amides is 1. The highest BCUT2D eigenvalue weighted by Crippen LogP contribution is 2.28. The van der Waals surface area contributed by atoms with Crippen LogP contribution in [0.2, 0.25) is 0 Å². The molecule has 2 atom stereocenters. The van der Waals surface area contributed by atoms with Crippen LogP contribution in [-0.2, 0) is 24.2 Å². The van der Waals surface area contributed by atoms with Crippen LogP contribution in [0, 0.1) is 17.0 Å². The van der Waals surface area contributed by atoms with Gasteiger partial charge in [-0.05, 0) is 48.3 Å². The van der Waals surface area contributed by atoms with Gasteiger partial charge in [0.25, 0.3) is 0 Å². The lowest BCUT2D eigenvalue weighted by Crippen LogP contribution is -2.64. The van der Waals surface area contributed by atoms with E-state index in [1.54, 1.807) is 12.5 Å². The number of fused-ring (bicyclic) bond motifs is 1. The Morgan fingerprint density at radius 2 is 2.06 bits per heavy atom. The maximum atomic E-state index is 14.3. The number of likely N-dealkylation sites (tertiary alicyclic amines) is 1. The lowest BCUT2D eigenvalue weighted by Gasteiger charge is -2.48. The molecule has 198 valence electrons. The standard InChI is InChI=1S/C27H39F2N5O2/c1-5-6-23(31-20-8-7-18-9-19(28)10-22(29)21(18)11-20)25(35)32-24-12-33(17-30-24)14-27(36)15-34(16-27)13-26(2,3)4/h9-10,12,17,20,23,31,36H,5-8,11,13-16H2,1-4H3,(H,32,35)/t20-,23-/m0/s1. The Kier molecular flexibility index (Phi) is 7.83. The third-order valence-electron chi connectivity index (χ3n) is 6.89. The average Bonchev–Trinajstić information content (AvgIpc) is 3.17. The molecule has 1 saturated heterocycles. The molecule has 0 spiro atoms. The van der Waals surface area contributed by atoms with E-state index < -0.39 is 23.3 Å². The molecule has 9 heteroatoms. The van der Waals surface area contributed by atoms with Gasteiger partial charge < -0.3 is 20.3 Å². The molecule has 4 rings (SSSR count). The van der Waals surface area contributed by atoms with Crippen LogP contribution >= 0.6 is 0 Å². The van der Waals surface area contributed by atoms with Crippen molar-refractivity contribution >= 4 is 11.7 Å². The van der Waals surface area contributed by atoms with E-state index in [1.807, 2.05) is 11.5 Å². The first-order valence-electron chi connectivity index (χ1n) is 12.9. The summed E-state index contributed by atoms with van der Waals surface area (Å²) in [4.78, 5) is 19.6. The number of anilines is 1. The molecule has 1 aliphatic heterocycles. The number of aliphatic hydroxyl groups is 1. The lowest BCUT2D eigenvalue weighted by atomic mass is 9.87. The molecule has 7 nitrogen and oxygen atoms in total. The summed E-state index contributed by atoms with van der Waals surface area (Å²) in [5.74, 6) is -0.820. The molecule has 0 radical (unpaired) electrons. The van der Waals surface area contributed by atoms with E-state index in [4.69, 9.17) is 0 Å². The second-order valence-corrected chi connectivity index (χ2v) is 11.8. The van der Waals surface area contributed by atoms with Crippen molar-refractivity contribution in [2.24, 2.45) is 5.41 Å². The summed E-state index contributed by atoms with van der Waals surface area (Å²) in [6.45, 7) is 11.1. The number of nitrogens with one attached hydrogen (secondary N) is 2. The third kappa shape index (κ3) is 6.69. The first-order valence-corrected chi connectivity index (χ1v) is 12.9. The van der Waals surface area contributed by atoms with E-state index in [2.05, 4.69) is 41.3 Å². The number of aromatic nitrogens is 2. The maximum Gasteiger partial charge on any atom is 0.242 e. The molecule has 1 amide bonds. The zero-order valence-corrected chi connectivity index (χ0v) is 21.8. The third-order valence-corrected chi connectivity index (χ3v) is 6.89. The topological polar surface area (TPSA) is 82.4 Å². The largest absolute Gasteiger partial charge is 0.385 e. The van der Waals surface area contributed by atoms with Gasteiger partial charge in [-0.25, -0.2) is 13.8 Å². The van der Waals surface area contributed by atoms with E-state index in [0.29, 0.717) is 62.3 Å². The Morgan fingerprint density at radius 1 is 1.31 bits per heavy atom. The summed E-state index contributed by atoms with van der Waals surface area (Å²) < 4.78 is 29.7. The van der Waals surface area contributed by atoms with Crippen LogP contribution in [0.25, 0.3) is 0 Å². The minimum absolute atomic E-state index is 0.0683. The Morgan fingerprint density at radius 3 is 2.75 bits per heavy atom. The van der Waals surface area contributed by atoms with Gasteiger partial charge in [0.15, 0.2) is 5.82 Å². The fraction of sp³-hybridized carbons (Fsp3) is 0.630. The van der Waals surface area contributed by atoms with Gasteiger partial charge in [-0.2, -0.15) is 0 Å². The van der Waals surface area contributed by atoms with E-state index in [0.717, 1.165) is 19.0 Å². The van der Waals surface area contributed by atoms with Crippen molar-refractivity contribution < 1.29 is 18.7 Å². The van der Waals surface area contributed by atoms with Crippen LogP contribution in [-0.4, -0.2) is 62.8 Å². The van der Waals surface area contributed by atoms with Gasteiger partial charge in [-0.15, -0.1) is 0 Å². The maximum absolute atomic E-state index is 14.3. The molecule has 36 heavy (non-hydrogen) atoms. The van der Waals surface area contributed by atoms with Crippen molar-refractivity contribution in [3.8, 4) is 0 Å². The molecule has 3 N–H and O–H groups in total. The number of aryl methyl sites for hydroxylation is 1. The van der Waals surface area contributed by atoms with Crippen LogP contribution in [0.4, 0.5) is 14.6 Å². The smallest absolute Gasteiger partial charge is 0.242 e. The molecule has 0 bridgehead atoms. The van der Waals surface area contributed by atoms with Gasteiger partial charge in [-0.3, -0.25) is 9.69 Å². The monoisotopic (exact) mass is 503 g/mol. The van der Waals surface area contributed by atoms with Crippen LogP contribution in [0.1, 0.15) is 58.1 Å². The molecule has 1 aliphatic carbocycles. The number of halogens is 2. The molecular formula is C27H39F2N5O2. The molecule has 0 unspecified atom stereocenters. The average molecular weight is 504 g/mol. The predicted molar refractivity (Wildman–Crippen MR) is 136 cm³/mol. The van der Waals surface area contributed by atoms with Crippen LogP contribution in [0.5, 0.6) is 0 Å². The normalized spacial score (nSPS) is 20.5. The van der Waals surface area contributed by atoms with Crippen molar-refractivity contribution in [3.05, 3.63) is 47.4 Å². The van der Waals surface area contributed by atoms with Crippen molar-refractivity contribution in [2.45, 2.75) is 84.0 Å². The van der Waals surface area contributed by atoms with Crippen molar-refractivity contribution in [1.82, 2.24) is 19.8 Å². The second-order valence-electron chi connectivity index (χ2n) is 11.8. The van der Waals surface area contributed by atoms with Gasteiger partial charge in [0.05, 0.1) is 18.9 Å². The SMILES string of the molecule is CCC[C@H](N[C@H]1CCc2cc(F)cc(F)c2C1)C(=O)Nc1cn(CC2(O)CN(CC(C)(C)C)C2)cn1. The van der Waals surface area contributed by atoms with Gasteiger partial charge >= 0.3 is 0 Å². The molecule has 1 fully saturated rings. The highest BCUT2D eigenvalue weighted by molar-refractivity contribution is 5.94. The van der Waals surface area contributed by atoms with Crippen LogP contribution in [0.3, 0.4) is 0 Å². The number of rotatable bonds is 9. The molecule has 2 aromatic rings. The second kappa shape index (κ2) is 10.6. The minimum Gasteiger partial charge on any atom is -0.385 e. The molecule has 2 aliphatic rings. The quantitative estimate of drug-likeness (QED) is 0.488. The summed E-state index contributed by atoms with van der Waals surface area (Å²) >= 11 is 0. The molecule has 2 heterocycles. The zero-order valence-electron chi connectivity index (χ0n) is 21.8. The summed E-state index contributed by atoms with van der Waals surface area (Å²) in [5, 5.41) is 17.1. The first-order chi connectivity index (χ1) is 16.9. The zero-order chi connectivity index (χ0) is 26.1. The summed E-state index contributed by atoms with van der Waals surface area (Å²) in [6.07, 6.45) is 6.51. The van der Waals surface area contributed by atoms with E-state index >= 15 is 0 Å². The fourth-order valence-corrected chi connectivity index (χ4v) is 5.53. The van der Waals surface area contributed by atoms with E-state index in [-0.39, 0.29) is 17.4 Å². The van der Waals surface area contributed by atoms with Crippen molar-refractivity contribution in [3.63, 3.8) is 0 Å². The number of β-amino-alcohol motifs (C(OH)–C–C–N with tert-alkyl or cyclic N) is 1. The number of imidazole rings is 1. The number of benzene rings is 1. The van der Waals surface area contributed by atoms with E-state index in [9.17, 15) is 18.7 Å². The van der Waals surface area contributed by atoms with Gasteiger partial charge in [0.2, 0.25) is 5.91 Å². The predicted octanol–water partition coefficient (Wildman–Crippen LogP) is 3.51. The number of hydrogen-bond donors (Lipinski definition) is 3. The number of carbonyl (C=O) groups is 1. The molecule has 1 aromatic heterocycles. The van der Waals surface area contributed by atoms with Gasteiger partial charge in [0, 0.05) is 37.9 Å². The fourth-order valence-electron chi connectivity index (χ4n) is 5.53. The highest BCUT2D eigenvalue weighted by Gasteiger charge is 2.42. The minimum atomic E-state index is -0.797. The molecule has 0 saturated carbocycles. The van der Waals surface area contributed by atoms with E-state index in [1.165, 1.54) is 6.07 Å². The Bertz CT molecular complexity index is 1070. The Hall–Kier alpha value is -2.36.